The minimum atomic E-state index is -0.157. The van der Waals surface area contributed by atoms with E-state index in [2.05, 4.69) is 15.4 Å². The molecule has 0 aliphatic carbocycles. The van der Waals surface area contributed by atoms with Gasteiger partial charge in [0.25, 0.3) is 0 Å². The molecule has 8 heteroatoms. The molecule has 0 amide bonds. The quantitative estimate of drug-likeness (QED) is 0.603. The maximum absolute atomic E-state index is 6.08. The lowest BCUT2D eigenvalue weighted by atomic mass is 10.1. The average Bonchev–Trinajstić information content (AvgIpc) is 2.99. The minimum Gasteiger partial charge on any atom is -0.375 e. The van der Waals surface area contributed by atoms with Crippen LogP contribution in [0.2, 0.25) is 5.02 Å². The van der Waals surface area contributed by atoms with E-state index >= 15 is 0 Å². The van der Waals surface area contributed by atoms with Crippen LogP contribution in [-0.4, -0.2) is 52.9 Å². The van der Waals surface area contributed by atoms with Crippen LogP contribution in [0, 0.1) is 0 Å². The van der Waals surface area contributed by atoms with E-state index in [1.165, 1.54) is 0 Å². The first-order chi connectivity index (χ1) is 12.0. The molecule has 0 bridgehead atoms. The second-order valence-electron chi connectivity index (χ2n) is 5.63. The Morgan fingerprint density at radius 2 is 2.28 bits per heavy atom. The maximum Gasteiger partial charge on any atom is 0.194 e. The number of aryl methyl sites for hydroxylation is 1. The third-order valence-corrected chi connectivity index (χ3v) is 4.03. The summed E-state index contributed by atoms with van der Waals surface area (Å²) in [6, 6.07) is 7.66. The van der Waals surface area contributed by atoms with E-state index in [0.29, 0.717) is 18.1 Å². The van der Waals surface area contributed by atoms with Crippen molar-refractivity contribution >= 4 is 17.6 Å². The van der Waals surface area contributed by atoms with Gasteiger partial charge in [-0.05, 0) is 24.6 Å². The smallest absolute Gasteiger partial charge is 0.194 e. The number of nitrogens with one attached hydrogen (secondary N) is 1. The van der Waals surface area contributed by atoms with E-state index in [1.807, 2.05) is 50.2 Å². The lowest BCUT2D eigenvalue weighted by molar-refractivity contribution is 0.110. The molecule has 0 radical (unpaired) electrons. The Morgan fingerprint density at radius 1 is 1.48 bits per heavy atom. The standard InChI is InChI=1S/C17H25ClN6O/c1-5-19-17(23(2)11-16-21-12-22-24(16)3)20-10-15(25-4)13-7-6-8-14(18)9-13/h6-9,12,15H,5,10-11H2,1-4H3,(H,19,20). The molecule has 0 saturated carbocycles. The molecule has 1 N–H and O–H groups in total. The molecule has 1 heterocycles. The van der Waals surface area contributed by atoms with Gasteiger partial charge >= 0.3 is 0 Å². The van der Waals surface area contributed by atoms with Gasteiger partial charge in [0.05, 0.1) is 13.1 Å². The van der Waals surface area contributed by atoms with Crippen LogP contribution in [0.15, 0.2) is 35.6 Å². The van der Waals surface area contributed by atoms with Crippen molar-refractivity contribution < 1.29 is 4.74 Å². The van der Waals surface area contributed by atoms with Gasteiger partial charge in [-0.3, -0.25) is 9.67 Å². The number of hydrogen-bond acceptors (Lipinski definition) is 4. The number of methoxy groups -OCH3 is 1. The number of benzene rings is 1. The molecule has 1 atom stereocenters. The second-order valence-corrected chi connectivity index (χ2v) is 6.07. The summed E-state index contributed by atoms with van der Waals surface area (Å²) in [6.07, 6.45) is 1.39. The molecule has 0 fully saturated rings. The Hall–Kier alpha value is -2.12. The first kappa shape index (κ1) is 19.2. The summed E-state index contributed by atoms with van der Waals surface area (Å²) in [5, 5.41) is 8.08. The molecule has 7 nitrogen and oxygen atoms in total. The van der Waals surface area contributed by atoms with Crippen LogP contribution in [0.25, 0.3) is 0 Å². The van der Waals surface area contributed by atoms with Gasteiger partial charge in [-0.15, -0.1) is 0 Å². The third kappa shape index (κ3) is 5.44. The highest BCUT2D eigenvalue weighted by atomic mass is 35.5. The van der Waals surface area contributed by atoms with Gasteiger partial charge in [0, 0.05) is 32.8 Å². The van der Waals surface area contributed by atoms with E-state index < -0.39 is 0 Å². The molecular formula is C17H25ClN6O. The molecule has 0 spiro atoms. The van der Waals surface area contributed by atoms with E-state index in [-0.39, 0.29) is 6.10 Å². The van der Waals surface area contributed by atoms with E-state index in [9.17, 15) is 0 Å². The molecule has 0 aliphatic heterocycles. The van der Waals surface area contributed by atoms with E-state index in [1.54, 1.807) is 18.1 Å². The lowest BCUT2D eigenvalue weighted by Crippen LogP contribution is -2.39. The van der Waals surface area contributed by atoms with Crippen molar-refractivity contribution in [3.05, 3.63) is 47.0 Å². The number of guanidine groups is 1. The second kappa shape index (κ2) is 9.39. The highest BCUT2D eigenvalue weighted by molar-refractivity contribution is 6.30. The molecule has 1 aromatic heterocycles. The SMILES string of the molecule is CCNC(=NCC(OC)c1cccc(Cl)c1)N(C)Cc1ncnn1C. The fraction of sp³-hybridized carbons (Fsp3) is 0.471. The van der Waals surface area contributed by atoms with Crippen LogP contribution in [0.1, 0.15) is 24.4 Å². The molecular weight excluding hydrogens is 340 g/mol. The summed E-state index contributed by atoms with van der Waals surface area (Å²) in [7, 11) is 5.52. The fourth-order valence-corrected chi connectivity index (χ4v) is 2.61. The topological polar surface area (TPSA) is 67.6 Å². The summed E-state index contributed by atoms with van der Waals surface area (Å²) in [5.74, 6) is 1.65. The zero-order chi connectivity index (χ0) is 18.2. The highest BCUT2D eigenvalue weighted by Gasteiger charge is 2.14. The predicted octanol–water partition coefficient (Wildman–Crippen LogP) is 2.25. The third-order valence-electron chi connectivity index (χ3n) is 3.79. The summed E-state index contributed by atoms with van der Waals surface area (Å²) >= 11 is 6.08. The molecule has 2 rings (SSSR count). The zero-order valence-corrected chi connectivity index (χ0v) is 15.9. The molecule has 0 saturated heterocycles. The Labute approximate surface area is 153 Å². The van der Waals surface area contributed by atoms with Gasteiger partial charge in [-0.2, -0.15) is 5.10 Å². The van der Waals surface area contributed by atoms with Crippen molar-refractivity contribution in [1.82, 2.24) is 25.0 Å². The normalized spacial score (nSPS) is 12.9. The van der Waals surface area contributed by atoms with Crippen molar-refractivity contribution in [2.24, 2.45) is 12.0 Å². The number of ether oxygens (including phenoxy) is 1. The number of rotatable bonds is 7. The lowest BCUT2D eigenvalue weighted by Gasteiger charge is -2.22. The van der Waals surface area contributed by atoms with Crippen LogP contribution in [0.3, 0.4) is 0 Å². The monoisotopic (exact) mass is 364 g/mol. The maximum atomic E-state index is 6.08. The van der Waals surface area contributed by atoms with Crippen molar-refractivity contribution in [3.8, 4) is 0 Å². The molecule has 0 aliphatic rings. The van der Waals surface area contributed by atoms with Crippen molar-refractivity contribution in [3.63, 3.8) is 0 Å². The summed E-state index contributed by atoms with van der Waals surface area (Å²) < 4.78 is 7.34. The Morgan fingerprint density at radius 3 is 2.88 bits per heavy atom. The van der Waals surface area contributed by atoms with Crippen LogP contribution in [0.5, 0.6) is 0 Å². The van der Waals surface area contributed by atoms with E-state index in [0.717, 1.165) is 23.9 Å². The van der Waals surface area contributed by atoms with Crippen molar-refractivity contribution in [1.29, 1.82) is 0 Å². The van der Waals surface area contributed by atoms with Gasteiger partial charge in [-0.1, -0.05) is 23.7 Å². The largest absolute Gasteiger partial charge is 0.375 e. The predicted molar refractivity (Wildman–Crippen MR) is 99.7 cm³/mol. The number of hydrogen-bond donors (Lipinski definition) is 1. The number of nitrogens with zero attached hydrogens (tertiary/aromatic N) is 5. The summed E-state index contributed by atoms with van der Waals surface area (Å²) in [5.41, 5.74) is 1.01. The van der Waals surface area contributed by atoms with Crippen LogP contribution >= 0.6 is 11.6 Å². The average molecular weight is 365 g/mol. The van der Waals surface area contributed by atoms with Crippen molar-refractivity contribution in [2.45, 2.75) is 19.6 Å². The fourth-order valence-electron chi connectivity index (χ4n) is 2.41. The van der Waals surface area contributed by atoms with Gasteiger partial charge in [0.15, 0.2) is 5.96 Å². The van der Waals surface area contributed by atoms with Crippen LogP contribution in [-0.2, 0) is 18.3 Å². The van der Waals surface area contributed by atoms with Crippen LogP contribution < -0.4 is 5.32 Å². The Bertz CT molecular complexity index is 702. The van der Waals surface area contributed by atoms with Crippen molar-refractivity contribution in [2.75, 3.05) is 27.2 Å². The molecule has 136 valence electrons. The Balaban J connectivity index is 2.10. The molecule has 25 heavy (non-hydrogen) atoms. The first-order valence-electron chi connectivity index (χ1n) is 8.15. The van der Waals surface area contributed by atoms with Gasteiger partial charge < -0.3 is 15.0 Å². The Kier molecular flexibility index (Phi) is 7.21. The highest BCUT2D eigenvalue weighted by Crippen LogP contribution is 2.20. The molecule has 1 aromatic carbocycles. The van der Waals surface area contributed by atoms with Gasteiger partial charge in [0.2, 0.25) is 0 Å². The zero-order valence-electron chi connectivity index (χ0n) is 15.1. The van der Waals surface area contributed by atoms with Crippen LogP contribution in [0.4, 0.5) is 0 Å². The first-order valence-corrected chi connectivity index (χ1v) is 8.53. The van der Waals surface area contributed by atoms with Gasteiger partial charge in [-0.25, -0.2) is 4.98 Å². The number of halogens is 1. The van der Waals surface area contributed by atoms with E-state index in [4.69, 9.17) is 21.3 Å². The minimum absolute atomic E-state index is 0.157. The van der Waals surface area contributed by atoms with Gasteiger partial charge in [0.1, 0.15) is 18.3 Å². The number of aliphatic imine (C=N–C) groups is 1. The summed E-state index contributed by atoms with van der Waals surface area (Å²) in [6.45, 7) is 3.91. The molecule has 2 aromatic rings. The number of aromatic nitrogens is 3. The molecule has 1 unspecified atom stereocenters. The summed E-state index contributed by atoms with van der Waals surface area (Å²) in [4.78, 5) is 11.0.